The zero-order valence-electron chi connectivity index (χ0n) is 17.7. The Morgan fingerprint density at radius 2 is 1.70 bits per heavy atom. The molecule has 1 saturated heterocycles. The van der Waals surface area contributed by atoms with Crippen molar-refractivity contribution < 1.29 is 18.1 Å². The van der Waals surface area contributed by atoms with Crippen LogP contribution in [-0.2, 0) is 14.6 Å². The number of rotatable bonds is 4. The molecular formula is C24H19BrN2O5S. The van der Waals surface area contributed by atoms with Gasteiger partial charge in [0, 0.05) is 22.3 Å². The molecule has 0 saturated carbocycles. The van der Waals surface area contributed by atoms with Crippen LogP contribution in [0, 0.1) is 24.0 Å². The Morgan fingerprint density at radius 3 is 2.33 bits per heavy atom. The van der Waals surface area contributed by atoms with Crippen LogP contribution < -0.4 is 4.90 Å². The predicted molar refractivity (Wildman–Crippen MR) is 130 cm³/mol. The molecule has 1 aliphatic rings. The molecule has 0 aliphatic carbocycles. The first kappa shape index (κ1) is 22.9. The number of aryl methyl sites for hydroxylation is 2. The topological polar surface area (TPSA) is 97.6 Å². The van der Waals surface area contributed by atoms with Crippen LogP contribution in [0.4, 0.5) is 11.4 Å². The molecule has 0 radical (unpaired) electrons. The highest BCUT2D eigenvalue weighted by atomic mass is 79.9. The first-order valence-corrected chi connectivity index (χ1v) is 12.3. The molecule has 1 atom stereocenters. The Labute approximate surface area is 199 Å². The van der Waals surface area contributed by atoms with E-state index in [1.807, 2.05) is 19.9 Å². The summed E-state index contributed by atoms with van der Waals surface area (Å²) in [6.45, 7) is 3.79. The maximum atomic E-state index is 13.7. The lowest BCUT2D eigenvalue weighted by Crippen LogP contribution is -2.29. The van der Waals surface area contributed by atoms with E-state index in [0.29, 0.717) is 11.3 Å². The Morgan fingerprint density at radius 1 is 1.00 bits per heavy atom. The molecule has 7 nitrogen and oxygen atoms in total. The number of amides is 1. The van der Waals surface area contributed by atoms with Gasteiger partial charge in [0.25, 0.3) is 11.6 Å². The van der Waals surface area contributed by atoms with Crippen molar-refractivity contribution in [3.63, 3.8) is 0 Å². The van der Waals surface area contributed by atoms with Gasteiger partial charge in [-0.2, -0.15) is 0 Å². The number of non-ortho nitro benzene ring substituents is 1. The van der Waals surface area contributed by atoms with Crippen molar-refractivity contribution in [1.29, 1.82) is 0 Å². The minimum Gasteiger partial charge on any atom is -0.286 e. The standard InChI is InChI=1S/C24H19BrN2O5S/c1-15-6-11-20(12-16(15)2)26-23(28)22(13-17-7-9-19(25)10-8-17)33(31,32)24(26)18-4-3-5-21(14-18)27(29)30/h3-14,24H,1-2H3/b22-13+/t24-/m0/s1. The van der Waals surface area contributed by atoms with Crippen LogP contribution in [0.2, 0.25) is 0 Å². The molecule has 1 heterocycles. The van der Waals surface area contributed by atoms with Crippen molar-refractivity contribution in [2.75, 3.05) is 4.90 Å². The fourth-order valence-corrected chi connectivity index (χ4v) is 5.86. The summed E-state index contributed by atoms with van der Waals surface area (Å²) in [5.74, 6) is -0.683. The fourth-order valence-electron chi connectivity index (χ4n) is 3.71. The number of carbonyl (C=O) groups is 1. The van der Waals surface area contributed by atoms with Crippen molar-refractivity contribution in [2.24, 2.45) is 0 Å². The van der Waals surface area contributed by atoms with E-state index in [2.05, 4.69) is 15.9 Å². The number of nitrogens with zero attached hydrogens (tertiary/aromatic N) is 2. The van der Waals surface area contributed by atoms with Crippen molar-refractivity contribution in [1.82, 2.24) is 0 Å². The maximum absolute atomic E-state index is 13.7. The van der Waals surface area contributed by atoms with Gasteiger partial charge >= 0.3 is 0 Å². The zero-order chi connectivity index (χ0) is 23.9. The lowest BCUT2D eigenvalue weighted by molar-refractivity contribution is -0.384. The number of nitro benzene ring substituents is 1. The quantitative estimate of drug-likeness (QED) is 0.255. The summed E-state index contributed by atoms with van der Waals surface area (Å²) < 4.78 is 28.2. The van der Waals surface area contributed by atoms with E-state index in [0.717, 1.165) is 15.6 Å². The van der Waals surface area contributed by atoms with E-state index in [-0.39, 0.29) is 16.2 Å². The first-order chi connectivity index (χ1) is 15.6. The van der Waals surface area contributed by atoms with Crippen LogP contribution in [0.15, 0.2) is 76.1 Å². The van der Waals surface area contributed by atoms with Crippen molar-refractivity contribution in [3.05, 3.63) is 108 Å². The Balaban J connectivity index is 1.94. The average Bonchev–Trinajstić information content (AvgIpc) is 2.97. The van der Waals surface area contributed by atoms with E-state index >= 15 is 0 Å². The third-order valence-corrected chi connectivity index (χ3v) is 8.07. The molecule has 0 spiro atoms. The van der Waals surface area contributed by atoms with Crippen LogP contribution in [0.25, 0.3) is 6.08 Å². The maximum Gasteiger partial charge on any atom is 0.271 e. The van der Waals surface area contributed by atoms with Crippen LogP contribution in [0.1, 0.15) is 27.6 Å². The highest BCUT2D eigenvalue weighted by molar-refractivity contribution is 9.10. The summed E-state index contributed by atoms with van der Waals surface area (Å²) in [6, 6.07) is 17.5. The molecule has 0 bridgehead atoms. The van der Waals surface area contributed by atoms with Gasteiger partial charge < -0.3 is 0 Å². The summed E-state index contributed by atoms with van der Waals surface area (Å²) in [4.78, 5) is 25.1. The lowest BCUT2D eigenvalue weighted by atomic mass is 10.1. The second-order valence-electron chi connectivity index (χ2n) is 7.75. The van der Waals surface area contributed by atoms with E-state index in [9.17, 15) is 23.3 Å². The number of anilines is 1. The van der Waals surface area contributed by atoms with Crippen LogP contribution >= 0.6 is 15.9 Å². The first-order valence-electron chi connectivity index (χ1n) is 9.96. The SMILES string of the molecule is Cc1ccc(N2C(=O)/C(=C\c3ccc(Br)cc3)S(=O)(=O)[C@H]2c2cccc([N+](=O)[O-])c2)cc1C. The van der Waals surface area contributed by atoms with Gasteiger partial charge in [-0.05, 0) is 66.4 Å². The minimum atomic E-state index is -4.20. The van der Waals surface area contributed by atoms with E-state index in [4.69, 9.17) is 0 Å². The summed E-state index contributed by atoms with van der Waals surface area (Å²) >= 11 is 3.33. The molecule has 0 unspecified atom stereocenters. The molecule has 1 amide bonds. The number of hydrogen-bond acceptors (Lipinski definition) is 5. The molecule has 4 rings (SSSR count). The number of benzene rings is 3. The largest absolute Gasteiger partial charge is 0.286 e. The summed E-state index contributed by atoms with van der Waals surface area (Å²) in [5.41, 5.74) is 2.73. The predicted octanol–water partition coefficient (Wildman–Crippen LogP) is 5.48. The highest BCUT2D eigenvalue weighted by Crippen LogP contribution is 2.44. The Hall–Kier alpha value is -3.30. The summed E-state index contributed by atoms with van der Waals surface area (Å²) in [6.07, 6.45) is 1.34. The molecule has 1 fully saturated rings. The highest BCUT2D eigenvalue weighted by Gasteiger charge is 2.50. The van der Waals surface area contributed by atoms with Gasteiger partial charge in [0.1, 0.15) is 4.91 Å². The van der Waals surface area contributed by atoms with Crippen LogP contribution in [0.3, 0.4) is 0 Å². The molecule has 0 N–H and O–H groups in total. The zero-order valence-corrected chi connectivity index (χ0v) is 20.1. The summed E-state index contributed by atoms with van der Waals surface area (Å²) in [5, 5.41) is 9.90. The van der Waals surface area contributed by atoms with E-state index < -0.39 is 26.0 Å². The van der Waals surface area contributed by atoms with Gasteiger partial charge in [0.05, 0.1) is 4.92 Å². The van der Waals surface area contributed by atoms with Gasteiger partial charge in [-0.15, -0.1) is 0 Å². The van der Waals surface area contributed by atoms with Crippen molar-refractivity contribution in [2.45, 2.75) is 19.2 Å². The molecule has 3 aromatic carbocycles. The number of nitro groups is 1. The molecule has 33 heavy (non-hydrogen) atoms. The van der Waals surface area contributed by atoms with Crippen LogP contribution in [-0.4, -0.2) is 19.2 Å². The fraction of sp³-hybridized carbons (Fsp3) is 0.125. The van der Waals surface area contributed by atoms with Gasteiger partial charge in [-0.25, -0.2) is 8.42 Å². The summed E-state index contributed by atoms with van der Waals surface area (Å²) in [7, 11) is -4.20. The van der Waals surface area contributed by atoms with Gasteiger partial charge in [0.15, 0.2) is 5.37 Å². The van der Waals surface area contributed by atoms with Crippen LogP contribution in [0.5, 0.6) is 0 Å². The normalized spacial score (nSPS) is 18.6. The molecule has 1 aliphatic heterocycles. The number of sulfone groups is 1. The number of halogens is 1. The monoisotopic (exact) mass is 526 g/mol. The minimum absolute atomic E-state index is 0.148. The lowest BCUT2D eigenvalue weighted by Gasteiger charge is -2.24. The molecule has 3 aromatic rings. The molecule has 0 aromatic heterocycles. The second kappa shape index (κ2) is 8.57. The van der Waals surface area contributed by atoms with E-state index in [1.165, 1.54) is 35.2 Å². The second-order valence-corrected chi connectivity index (χ2v) is 10.6. The van der Waals surface area contributed by atoms with Gasteiger partial charge in [0.2, 0.25) is 9.84 Å². The third-order valence-electron chi connectivity index (χ3n) is 5.57. The smallest absolute Gasteiger partial charge is 0.271 e. The Bertz CT molecular complexity index is 1420. The van der Waals surface area contributed by atoms with Crippen molar-refractivity contribution >= 4 is 49.1 Å². The number of hydrogen-bond donors (Lipinski definition) is 0. The molecular weight excluding hydrogens is 508 g/mol. The van der Waals surface area contributed by atoms with E-state index in [1.54, 1.807) is 36.4 Å². The van der Waals surface area contributed by atoms with Gasteiger partial charge in [-0.3, -0.25) is 19.8 Å². The molecule has 168 valence electrons. The third kappa shape index (κ3) is 4.21. The Kier molecular flexibility index (Phi) is 5.94. The molecule has 9 heteroatoms. The van der Waals surface area contributed by atoms with Crippen molar-refractivity contribution in [3.8, 4) is 0 Å². The van der Waals surface area contributed by atoms with Gasteiger partial charge in [-0.1, -0.05) is 46.3 Å². The number of carbonyl (C=O) groups excluding carboxylic acids is 1. The average molecular weight is 527 g/mol.